The molecule has 9 heteroatoms. The number of benzene rings is 2. The maximum atomic E-state index is 13.9. The summed E-state index contributed by atoms with van der Waals surface area (Å²) in [5.41, 5.74) is 1.45. The predicted octanol–water partition coefficient (Wildman–Crippen LogP) is 4.77. The minimum absolute atomic E-state index is 0.106. The zero-order valence-electron chi connectivity index (χ0n) is 21.1. The maximum Gasteiger partial charge on any atom is 0.317 e. The fourth-order valence-corrected chi connectivity index (χ4v) is 5.41. The molecule has 0 saturated carbocycles. The quantitative estimate of drug-likeness (QED) is 0.538. The van der Waals surface area contributed by atoms with E-state index in [9.17, 15) is 9.59 Å². The van der Waals surface area contributed by atoms with Crippen LogP contribution in [0.5, 0.6) is 0 Å². The van der Waals surface area contributed by atoms with E-state index in [0.717, 1.165) is 11.1 Å². The SMILES string of the molecule is CC(C)(C)CN(CCNC(=O)N1CCOCC1)C1(Cc2cccc(Cl)c2)C(=O)Nc2cc(Cl)ccc21. The Hall–Kier alpha value is -2.32. The van der Waals surface area contributed by atoms with Gasteiger partial charge < -0.3 is 20.3 Å². The smallest absolute Gasteiger partial charge is 0.317 e. The number of nitrogens with zero attached hydrogens (tertiary/aromatic N) is 2. The van der Waals surface area contributed by atoms with Crippen molar-refractivity contribution in [2.45, 2.75) is 32.7 Å². The van der Waals surface area contributed by atoms with Gasteiger partial charge in [0.05, 0.1) is 13.2 Å². The van der Waals surface area contributed by atoms with Crippen molar-refractivity contribution in [3.63, 3.8) is 0 Å². The van der Waals surface area contributed by atoms with Gasteiger partial charge in [-0.05, 0) is 35.2 Å². The largest absolute Gasteiger partial charge is 0.378 e. The number of rotatable bonds is 7. The molecule has 2 aromatic carbocycles. The first-order chi connectivity index (χ1) is 17.1. The topological polar surface area (TPSA) is 73.9 Å². The van der Waals surface area contributed by atoms with E-state index in [0.29, 0.717) is 68.1 Å². The lowest BCUT2D eigenvalue weighted by molar-refractivity contribution is -0.129. The minimum atomic E-state index is -0.985. The van der Waals surface area contributed by atoms with Crippen LogP contribution in [0.3, 0.4) is 0 Å². The molecule has 7 nitrogen and oxygen atoms in total. The number of halogens is 2. The van der Waals surface area contributed by atoms with Crippen LogP contribution >= 0.6 is 23.2 Å². The van der Waals surface area contributed by atoms with Gasteiger partial charge in [0.1, 0.15) is 5.54 Å². The summed E-state index contributed by atoms with van der Waals surface area (Å²) in [6.07, 6.45) is 0.432. The van der Waals surface area contributed by atoms with E-state index in [-0.39, 0.29) is 17.4 Å². The molecule has 1 atom stereocenters. The van der Waals surface area contributed by atoms with Gasteiger partial charge in [0, 0.05) is 60.4 Å². The van der Waals surface area contributed by atoms with Crippen molar-refractivity contribution in [3.8, 4) is 0 Å². The highest BCUT2D eigenvalue weighted by Gasteiger charge is 2.51. The van der Waals surface area contributed by atoms with Crippen LogP contribution in [0.2, 0.25) is 10.0 Å². The molecule has 2 heterocycles. The van der Waals surface area contributed by atoms with E-state index in [4.69, 9.17) is 27.9 Å². The van der Waals surface area contributed by atoms with Crippen LogP contribution in [0.4, 0.5) is 10.5 Å². The Labute approximate surface area is 223 Å². The molecular weight excluding hydrogens is 499 g/mol. The number of amides is 3. The van der Waals surface area contributed by atoms with E-state index in [1.54, 1.807) is 11.0 Å². The Bertz CT molecular complexity index is 1110. The molecule has 36 heavy (non-hydrogen) atoms. The number of carbonyl (C=O) groups excluding carboxylic acids is 2. The molecule has 3 amide bonds. The molecule has 0 aliphatic carbocycles. The third kappa shape index (κ3) is 5.97. The van der Waals surface area contributed by atoms with E-state index in [1.165, 1.54) is 0 Å². The number of ether oxygens (including phenoxy) is 1. The van der Waals surface area contributed by atoms with Gasteiger partial charge in [-0.3, -0.25) is 9.69 Å². The van der Waals surface area contributed by atoms with Gasteiger partial charge in [-0.15, -0.1) is 0 Å². The van der Waals surface area contributed by atoms with Crippen LogP contribution in [0.1, 0.15) is 31.9 Å². The molecule has 0 aromatic heterocycles. The summed E-state index contributed by atoms with van der Waals surface area (Å²) in [5, 5.41) is 7.31. The van der Waals surface area contributed by atoms with Gasteiger partial charge in [0.2, 0.25) is 5.91 Å². The van der Waals surface area contributed by atoms with Gasteiger partial charge in [-0.25, -0.2) is 4.79 Å². The number of fused-ring (bicyclic) bond motifs is 1. The molecule has 2 aliphatic heterocycles. The first-order valence-corrected chi connectivity index (χ1v) is 13.1. The molecule has 0 radical (unpaired) electrons. The number of morpholine rings is 1. The molecule has 2 aromatic rings. The first kappa shape index (κ1) is 26.7. The summed E-state index contributed by atoms with van der Waals surface area (Å²) in [5.74, 6) is -0.108. The number of urea groups is 1. The first-order valence-electron chi connectivity index (χ1n) is 12.3. The number of hydrogen-bond donors (Lipinski definition) is 2. The van der Waals surface area contributed by atoms with E-state index in [2.05, 4.69) is 36.3 Å². The van der Waals surface area contributed by atoms with Gasteiger partial charge in [0.15, 0.2) is 0 Å². The molecule has 0 spiro atoms. The maximum absolute atomic E-state index is 13.9. The zero-order chi connectivity index (χ0) is 25.9. The third-order valence-corrected chi connectivity index (χ3v) is 7.03. The Morgan fingerprint density at radius 3 is 2.56 bits per heavy atom. The summed E-state index contributed by atoms with van der Waals surface area (Å²) < 4.78 is 5.35. The highest BCUT2D eigenvalue weighted by atomic mass is 35.5. The van der Waals surface area contributed by atoms with Crippen molar-refractivity contribution in [2.24, 2.45) is 5.41 Å². The fourth-order valence-electron chi connectivity index (χ4n) is 5.03. The Morgan fingerprint density at radius 1 is 1.14 bits per heavy atom. The molecule has 4 rings (SSSR count). The lowest BCUT2D eigenvalue weighted by Gasteiger charge is -2.43. The van der Waals surface area contributed by atoms with Gasteiger partial charge in [0.25, 0.3) is 0 Å². The summed E-state index contributed by atoms with van der Waals surface area (Å²) in [6.45, 7) is 10.2. The van der Waals surface area contributed by atoms with Crippen molar-refractivity contribution in [3.05, 3.63) is 63.6 Å². The van der Waals surface area contributed by atoms with E-state index < -0.39 is 5.54 Å². The minimum Gasteiger partial charge on any atom is -0.378 e. The van der Waals surface area contributed by atoms with Gasteiger partial charge in [-0.1, -0.05) is 62.2 Å². The Kier molecular flexibility index (Phi) is 8.15. The molecule has 1 unspecified atom stereocenters. The highest BCUT2D eigenvalue weighted by Crippen LogP contribution is 2.45. The van der Waals surface area contributed by atoms with Crippen LogP contribution in [0.25, 0.3) is 0 Å². The van der Waals surface area contributed by atoms with Crippen LogP contribution in [-0.4, -0.2) is 67.7 Å². The summed E-state index contributed by atoms with van der Waals surface area (Å²) in [4.78, 5) is 30.6. The van der Waals surface area contributed by atoms with Crippen molar-refractivity contribution in [1.29, 1.82) is 0 Å². The second-order valence-corrected chi connectivity index (χ2v) is 11.5. The van der Waals surface area contributed by atoms with Crippen LogP contribution in [0, 0.1) is 5.41 Å². The average molecular weight is 534 g/mol. The van der Waals surface area contributed by atoms with Crippen molar-refractivity contribution in [2.75, 3.05) is 51.3 Å². The van der Waals surface area contributed by atoms with E-state index in [1.807, 2.05) is 36.4 Å². The van der Waals surface area contributed by atoms with Crippen molar-refractivity contribution in [1.82, 2.24) is 15.1 Å². The van der Waals surface area contributed by atoms with Gasteiger partial charge >= 0.3 is 6.03 Å². The highest BCUT2D eigenvalue weighted by molar-refractivity contribution is 6.31. The molecule has 0 bridgehead atoms. The van der Waals surface area contributed by atoms with E-state index >= 15 is 0 Å². The summed E-state index contributed by atoms with van der Waals surface area (Å²) in [7, 11) is 0. The molecule has 2 aliphatic rings. The van der Waals surface area contributed by atoms with Crippen molar-refractivity contribution < 1.29 is 14.3 Å². The standard InChI is InChI=1S/C27H34Cl2N4O3/c1-26(2,3)18-33(10-9-30-25(35)32-11-13-36-14-12-32)27(17-19-5-4-6-20(28)15-19)22-8-7-21(29)16-23(22)31-24(27)34/h4-8,15-16H,9-14,17-18H2,1-3H3,(H,30,35)(H,31,34). The number of anilines is 1. The zero-order valence-corrected chi connectivity index (χ0v) is 22.6. The normalized spacial score (nSPS) is 19.8. The van der Waals surface area contributed by atoms with Crippen LogP contribution in [-0.2, 0) is 21.5 Å². The molecular formula is C27H34Cl2N4O3. The Balaban J connectivity index is 1.68. The lowest BCUT2D eigenvalue weighted by Crippen LogP contribution is -2.57. The number of nitrogens with one attached hydrogen (secondary N) is 2. The third-order valence-electron chi connectivity index (χ3n) is 6.56. The van der Waals surface area contributed by atoms with Crippen LogP contribution in [0.15, 0.2) is 42.5 Å². The summed E-state index contributed by atoms with van der Waals surface area (Å²) >= 11 is 12.6. The predicted molar refractivity (Wildman–Crippen MR) is 144 cm³/mol. The molecule has 2 N–H and O–H groups in total. The fraction of sp³-hybridized carbons (Fsp3) is 0.481. The van der Waals surface area contributed by atoms with Gasteiger partial charge in [-0.2, -0.15) is 0 Å². The second kappa shape index (κ2) is 11.0. The average Bonchev–Trinajstić information content (AvgIpc) is 3.09. The molecule has 1 saturated heterocycles. The lowest BCUT2D eigenvalue weighted by atomic mass is 9.81. The summed E-state index contributed by atoms with van der Waals surface area (Å²) in [6, 6.07) is 13.1. The van der Waals surface area contributed by atoms with Crippen molar-refractivity contribution >= 4 is 40.8 Å². The Morgan fingerprint density at radius 2 is 1.86 bits per heavy atom. The monoisotopic (exact) mass is 532 g/mol. The van der Waals surface area contributed by atoms with Crippen LogP contribution < -0.4 is 10.6 Å². The number of hydrogen-bond acceptors (Lipinski definition) is 4. The molecule has 1 fully saturated rings. The molecule has 194 valence electrons. The second-order valence-electron chi connectivity index (χ2n) is 10.6. The number of carbonyl (C=O) groups is 2.